The Kier molecular flexibility index (Phi) is 3.07. The van der Waals surface area contributed by atoms with E-state index in [-0.39, 0.29) is 0 Å². The summed E-state index contributed by atoms with van der Waals surface area (Å²) in [5, 5.41) is 0. The third-order valence-corrected chi connectivity index (χ3v) is 3.06. The third-order valence-electron chi connectivity index (χ3n) is 3.06. The summed E-state index contributed by atoms with van der Waals surface area (Å²) in [5.41, 5.74) is 5.42. The van der Waals surface area contributed by atoms with Gasteiger partial charge >= 0.3 is 0 Å². The fourth-order valence-corrected chi connectivity index (χ4v) is 2.14. The molecule has 0 radical (unpaired) electrons. The van der Waals surface area contributed by atoms with Gasteiger partial charge in [-0.2, -0.15) is 0 Å². The molecular formula is C17H14N2. The van der Waals surface area contributed by atoms with Crippen LogP contribution in [0.3, 0.4) is 0 Å². The van der Waals surface area contributed by atoms with Crippen molar-refractivity contribution in [1.29, 1.82) is 0 Å². The smallest absolute Gasteiger partial charge is 0.0708 e. The molecule has 0 unspecified atom stereocenters. The van der Waals surface area contributed by atoms with Crippen LogP contribution in [0.1, 0.15) is 5.56 Å². The summed E-state index contributed by atoms with van der Waals surface area (Å²) >= 11 is 0. The molecule has 3 rings (SSSR count). The van der Waals surface area contributed by atoms with Gasteiger partial charge in [-0.05, 0) is 37.3 Å². The Morgan fingerprint density at radius 3 is 1.89 bits per heavy atom. The van der Waals surface area contributed by atoms with Gasteiger partial charge in [-0.3, -0.25) is 9.97 Å². The highest BCUT2D eigenvalue weighted by Crippen LogP contribution is 2.30. The minimum atomic E-state index is 0.975. The molecule has 1 aromatic carbocycles. The maximum Gasteiger partial charge on any atom is 0.0708 e. The average molecular weight is 246 g/mol. The van der Waals surface area contributed by atoms with Gasteiger partial charge in [-0.15, -0.1) is 0 Å². The molecule has 19 heavy (non-hydrogen) atoms. The van der Waals surface area contributed by atoms with Crippen molar-refractivity contribution in [2.45, 2.75) is 6.92 Å². The zero-order chi connectivity index (χ0) is 13.1. The van der Waals surface area contributed by atoms with E-state index < -0.39 is 0 Å². The third kappa shape index (κ3) is 2.38. The molecule has 92 valence electrons. The highest BCUT2D eigenvalue weighted by atomic mass is 14.7. The van der Waals surface area contributed by atoms with Crippen molar-refractivity contribution < 1.29 is 0 Å². The summed E-state index contributed by atoms with van der Waals surface area (Å²) < 4.78 is 0. The number of hydrogen-bond donors (Lipinski definition) is 0. The van der Waals surface area contributed by atoms with Crippen LogP contribution in [-0.2, 0) is 0 Å². The van der Waals surface area contributed by atoms with Crippen molar-refractivity contribution in [2.24, 2.45) is 0 Å². The molecule has 0 atom stereocenters. The summed E-state index contributed by atoms with van der Waals surface area (Å²) in [6, 6.07) is 18.3. The Bertz CT molecular complexity index is 676. The van der Waals surface area contributed by atoms with Gasteiger partial charge in [0.25, 0.3) is 0 Å². The number of aryl methyl sites for hydroxylation is 1. The van der Waals surface area contributed by atoms with Gasteiger partial charge in [0, 0.05) is 23.5 Å². The summed E-state index contributed by atoms with van der Waals surface area (Å²) in [4.78, 5) is 8.89. The molecule has 0 aliphatic carbocycles. The molecule has 2 heteroatoms. The van der Waals surface area contributed by atoms with Crippen LogP contribution < -0.4 is 0 Å². The van der Waals surface area contributed by atoms with Crippen LogP contribution in [0.25, 0.3) is 22.5 Å². The number of nitrogens with zero attached hydrogens (tertiary/aromatic N) is 2. The monoisotopic (exact) mass is 246 g/mol. The molecule has 2 aromatic heterocycles. The normalized spacial score (nSPS) is 10.4. The second-order valence-corrected chi connectivity index (χ2v) is 4.48. The predicted molar refractivity (Wildman–Crippen MR) is 77.6 cm³/mol. The summed E-state index contributed by atoms with van der Waals surface area (Å²) in [5.74, 6) is 0. The first-order chi connectivity index (χ1) is 9.34. The van der Waals surface area contributed by atoms with E-state index in [1.807, 2.05) is 48.8 Å². The number of benzene rings is 1. The van der Waals surface area contributed by atoms with E-state index in [0.29, 0.717) is 0 Å². The lowest BCUT2D eigenvalue weighted by molar-refractivity contribution is 1.29. The zero-order valence-electron chi connectivity index (χ0n) is 10.7. The van der Waals surface area contributed by atoms with Crippen molar-refractivity contribution in [3.8, 4) is 22.5 Å². The summed E-state index contributed by atoms with van der Waals surface area (Å²) in [6.45, 7) is 2.09. The molecular weight excluding hydrogens is 232 g/mol. The molecule has 0 fully saturated rings. The zero-order valence-corrected chi connectivity index (χ0v) is 10.7. The second kappa shape index (κ2) is 5.02. The lowest BCUT2D eigenvalue weighted by Crippen LogP contribution is -1.90. The Labute approximate surface area is 112 Å². The molecule has 0 amide bonds. The van der Waals surface area contributed by atoms with E-state index in [1.54, 1.807) is 0 Å². The molecule has 0 saturated heterocycles. The van der Waals surface area contributed by atoms with Crippen LogP contribution in [0.4, 0.5) is 0 Å². The molecule has 0 aliphatic heterocycles. The van der Waals surface area contributed by atoms with Crippen LogP contribution in [0.2, 0.25) is 0 Å². The van der Waals surface area contributed by atoms with Crippen molar-refractivity contribution in [3.63, 3.8) is 0 Å². The van der Waals surface area contributed by atoms with Gasteiger partial charge in [0.2, 0.25) is 0 Å². The Morgan fingerprint density at radius 1 is 0.684 bits per heavy atom. The Morgan fingerprint density at radius 2 is 1.32 bits per heavy atom. The van der Waals surface area contributed by atoms with E-state index >= 15 is 0 Å². The molecule has 0 spiro atoms. The topological polar surface area (TPSA) is 25.8 Å². The van der Waals surface area contributed by atoms with Crippen molar-refractivity contribution in [2.75, 3.05) is 0 Å². The Hall–Kier alpha value is -2.48. The van der Waals surface area contributed by atoms with Gasteiger partial charge in [0.15, 0.2) is 0 Å². The van der Waals surface area contributed by atoms with Crippen LogP contribution in [0.15, 0.2) is 67.0 Å². The number of hydrogen-bond acceptors (Lipinski definition) is 2. The quantitative estimate of drug-likeness (QED) is 0.679. The molecule has 0 saturated carbocycles. The molecule has 0 bridgehead atoms. The molecule has 2 nitrogen and oxygen atoms in total. The van der Waals surface area contributed by atoms with E-state index in [0.717, 1.165) is 22.5 Å². The maximum atomic E-state index is 4.45. The Balaban J connectivity index is 2.21. The second-order valence-electron chi connectivity index (χ2n) is 4.48. The van der Waals surface area contributed by atoms with Crippen LogP contribution >= 0.6 is 0 Å². The van der Waals surface area contributed by atoms with E-state index in [9.17, 15) is 0 Å². The van der Waals surface area contributed by atoms with Gasteiger partial charge < -0.3 is 0 Å². The largest absolute Gasteiger partial charge is 0.256 e. The number of pyridine rings is 2. The van der Waals surface area contributed by atoms with E-state index in [2.05, 4.69) is 35.1 Å². The fraction of sp³-hybridized carbons (Fsp3) is 0.0588. The first kappa shape index (κ1) is 11.6. The highest BCUT2D eigenvalue weighted by molar-refractivity contribution is 5.80. The lowest BCUT2D eigenvalue weighted by atomic mass is 9.98. The standard InChI is InChI=1S/C17H14N2/c1-13-8-9-14(16-6-2-4-10-18-16)15(12-13)17-7-3-5-11-19-17/h2-12H,1H3. The van der Waals surface area contributed by atoms with Gasteiger partial charge in [0.1, 0.15) is 0 Å². The highest BCUT2D eigenvalue weighted by Gasteiger charge is 2.09. The van der Waals surface area contributed by atoms with Crippen LogP contribution in [0.5, 0.6) is 0 Å². The summed E-state index contributed by atoms with van der Waals surface area (Å²) in [6.07, 6.45) is 3.64. The lowest BCUT2D eigenvalue weighted by Gasteiger charge is -2.09. The van der Waals surface area contributed by atoms with Gasteiger partial charge in [-0.25, -0.2) is 0 Å². The first-order valence-corrected chi connectivity index (χ1v) is 6.28. The predicted octanol–water partition coefficient (Wildman–Crippen LogP) is 4.12. The van der Waals surface area contributed by atoms with E-state index in [1.165, 1.54) is 5.56 Å². The minimum Gasteiger partial charge on any atom is -0.256 e. The number of rotatable bonds is 2. The molecule has 3 aromatic rings. The fourth-order valence-electron chi connectivity index (χ4n) is 2.14. The van der Waals surface area contributed by atoms with Crippen molar-refractivity contribution >= 4 is 0 Å². The first-order valence-electron chi connectivity index (χ1n) is 6.28. The van der Waals surface area contributed by atoms with Gasteiger partial charge in [0.05, 0.1) is 11.4 Å². The van der Waals surface area contributed by atoms with Gasteiger partial charge in [-0.1, -0.05) is 29.8 Å². The van der Waals surface area contributed by atoms with E-state index in [4.69, 9.17) is 0 Å². The van der Waals surface area contributed by atoms with Crippen molar-refractivity contribution in [1.82, 2.24) is 9.97 Å². The van der Waals surface area contributed by atoms with Crippen LogP contribution in [-0.4, -0.2) is 9.97 Å². The van der Waals surface area contributed by atoms with Crippen molar-refractivity contribution in [3.05, 3.63) is 72.6 Å². The SMILES string of the molecule is Cc1ccc(-c2ccccn2)c(-c2ccccn2)c1. The number of aromatic nitrogens is 2. The molecule has 2 heterocycles. The minimum absolute atomic E-state index is 0.975. The molecule has 0 N–H and O–H groups in total. The maximum absolute atomic E-state index is 4.45. The summed E-state index contributed by atoms with van der Waals surface area (Å²) in [7, 11) is 0. The molecule has 0 aliphatic rings. The average Bonchev–Trinajstić information content (AvgIpc) is 2.49. The van der Waals surface area contributed by atoms with Crippen LogP contribution in [0, 0.1) is 6.92 Å².